The largest absolute Gasteiger partial charge is 0.481 e. The minimum atomic E-state index is -0.879. The van der Waals surface area contributed by atoms with Crippen molar-refractivity contribution in [3.63, 3.8) is 0 Å². The van der Waals surface area contributed by atoms with Crippen LogP contribution in [0.1, 0.15) is 44.5 Å². The van der Waals surface area contributed by atoms with Crippen LogP contribution < -0.4 is 24.8 Å². The van der Waals surface area contributed by atoms with E-state index in [9.17, 15) is 14.4 Å². The zero-order valence-electron chi connectivity index (χ0n) is 20.1. The highest BCUT2D eigenvalue weighted by atomic mass is 16.6. The van der Waals surface area contributed by atoms with Crippen LogP contribution in [-0.4, -0.2) is 60.2 Å². The first-order valence-corrected chi connectivity index (χ1v) is 10.6. The molecule has 2 rings (SSSR count). The van der Waals surface area contributed by atoms with E-state index >= 15 is 0 Å². The third-order valence-electron chi connectivity index (χ3n) is 4.27. The Hall–Kier alpha value is -3.89. The van der Waals surface area contributed by atoms with Crippen LogP contribution in [0, 0.1) is 0 Å². The highest BCUT2D eigenvalue weighted by molar-refractivity contribution is 6.00. The minimum absolute atomic E-state index is 0.0846. The maximum Gasteiger partial charge on any atom is 0.328 e. The molecule has 1 heterocycles. The van der Waals surface area contributed by atoms with Gasteiger partial charge in [-0.15, -0.1) is 0 Å². The van der Waals surface area contributed by atoms with Crippen LogP contribution in [0.2, 0.25) is 0 Å². The summed E-state index contributed by atoms with van der Waals surface area (Å²) in [5, 5.41) is 5.14. The standard InChI is InChI=1S/C23H30N4O7/c1-7-15(21(30)24-13-19(28)34-23(2,3)4)25-20(29)14-10-8-9-11-16(14)33-22-26-17(31-5)12-18(27-22)32-6/h8-12,15H,7,13H2,1-6H3,(H,24,30)(H,25,29)/t15-/m0/s1. The van der Waals surface area contributed by atoms with Crippen molar-refractivity contribution in [2.45, 2.75) is 45.8 Å². The molecule has 1 aromatic carbocycles. The summed E-state index contributed by atoms with van der Waals surface area (Å²) in [6.45, 7) is 6.61. The molecule has 0 fully saturated rings. The molecular formula is C23H30N4O7. The number of para-hydroxylation sites is 1. The van der Waals surface area contributed by atoms with Crippen molar-refractivity contribution in [1.82, 2.24) is 20.6 Å². The van der Waals surface area contributed by atoms with Gasteiger partial charge in [-0.3, -0.25) is 14.4 Å². The number of benzene rings is 1. The smallest absolute Gasteiger partial charge is 0.328 e. The summed E-state index contributed by atoms with van der Waals surface area (Å²) in [5.41, 5.74) is -0.508. The fourth-order valence-corrected chi connectivity index (χ4v) is 2.73. The molecule has 0 spiro atoms. The van der Waals surface area contributed by atoms with Crippen molar-refractivity contribution >= 4 is 17.8 Å². The van der Waals surface area contributed by atoms with Crippen LogP contribution in [0.25, 0.3) is 0 Å². The van der Waals surface area contributed by atoms with E-state index in [-0.39, 0.29) is 35.6 Å². The average molecular weight is 475 g/mol. The molecule has 0 aliphatic heterocycles. The van der Waals surface area contributed by atoms with Crippen LogP contribution in [0.4, 0.5) is 0 Å². The van der Waals surface area contributed by atoms with Gasteiger partial charge in [-0.2, -0.15) is 9.97 Å². The highest BCUT2D eigenvalue weighted by Gasteiger charge is 2.24. The van der Waals surface area contributed by atoms with E-state index in [2.05, 4.69) is 20.6 Å². The van der Waals surface area contributed by atoms with Crippen LogP contribution in [0.3, 0.4) is 0 Å². The molecule has 11 heteroatoms. The number of carbonyl (C=O) groups is 3. The van der Waals surface area contributed by atoms with Gasteiger partial charge in [0.1, 0.15) is 23.9 Å². The summed E-state index contributed by atoms with van der Waals surface area (Å²) in [5.74, 6) is -1.03. The zero-order chi connectivity index (χ0) is 25.3. The Balaban J connectivity index is 2.11. The SMILES string of the molecule is CC[C@H](NC(=O)c1ccccc1Oc1nc(OC)cc(OC)n1)C(=O)NCC(=O)OC(C)(C)C. The summed E-state index contributed by atoms with van der Waals surface area (Å²) in [6.07, 6.45) is 0.297. The van der Waals surface area contributed by atoms with E-state index in [4.69, 9.17) is 18.9 Å². The average Bonchev–Trinajstić information content (AvgIpc) is 2.79. The lowest BCUT2D eigenvalue weighted by Crippen LogP contribution is -2.48. The summed E-state index contributed by atoms with van der Waals surface area (Å²) in [6, 6.07) is 6.94. The molecule has 1 atom stereocenters. The third-order valence-corrected chi connectivity index (χ3v) is 4.27. The van der Waals surface area contributed by atoms with Crippen molar-refractivity contribution in [2.24, 2.45) is 0 Å². The molecule has 184 valence electrons. The number of carbonyl (C=O) groups excluding carboxylic acids is 3. The third kappa shape index (κ3) is 7.91. The van der Waals surface area contributed by atoms with E-state index in [1.165, 1.54) is 26.4 Å². The predicted octanol–water partition coefficient (Wildman–Crippen LogP) is 2.25. The van der Waals surface area contributed by atoms with E-state index < -0.39 is 29.4 Å². The molecule has 2 aromatic rings. The fourth-order valence-electron chi connectivity index (χ4n) is 2.73. The number of aromatic nitrogens is 2. The lowest BCUT2D eigenvalue weighted by atomic mass is 10.1. The molecule has 11 nitrogen and oxygen atoms in total. The van der Waals surface area contributed by atoms with Gasteiger partial charge in [0.15, 0.2) is 0 Å². The number of amides is 2. The molecular weight excluding hydrogens is 444 g/mol. The number of rotatable bonds is 10. The Morgan fingerprint density at radius 1 is 1.03 bits per heavy atom. The summed E-state index contributed by atoms with van der Waals surface area (Å²) < 4.78 is 21.1. The second-order valence-electron chi connectivity index (χ2n) is 8.07. The first-order chi connectivity index (χ1) is 16.1. The van der Waals surface area contributed by atoms with Gasteiger partial charge in [-0.25, -0.2) is 0 Å². The number of esters is 1. The predicted molar refractivity (Wildman–Crippen MR) is 122 cm³/mol. The normalized spacial score (nSPS) is 11.7. The number of ether oxygens (including phenoxy) is 4. The van der Waals surface area contributed by atoms with Crippen molar-refractivity contribution in [3.8, 4) is 23.5 Å². The lowest BCUT2D eigenvalue weighted by molar-refractivity contribution is -0.154. The molecule has 0 saturated heterocycles. The minimum Gasteiger partial charge on any atom is -0.481 e. The Kier molecular flexibility index (Phi) is 9.17. The van der Waals surface area contributed by atoms with Gasteiger partial charge in [0.05, 0.1) is 25.8 Å². The number of hydrogen-bond acceptors (Lipinski definition) is 9. The summed E-state index contributed by atoms with van der Waals surface area (Å²) >= 11 is 0. The fraction of sp³-hybridized carbons (Fsp3) is 0.435. The van der Waals surface area contributed by atoms with Crippen molar-refractivity contribution in [2.75, 3.05) is 20.8 Å². The molecule has 0 aliphatic rings. The van der Waals surface area contributed by atoms with Crippen LogP contribution >= 0.6 is 0 Å². The zero-order valence-corrected chi connectivity index (χ0v) is 20.1. The first-order valence-electron chi connectivity index (χ1n) is 10.6. The van der Waals surface area contributed by atoms with Crippen LogP contribution in [0.15, 0.2) is 30.3 Å². The number of hydrogen-bond donors (Lipinski definition) is 2. The maximum absolute atomic E-state index is 12.9. The Morgan fingerprint density at radius 2 is 1.65 bits per heavy atom. The summed E-state index contributed by atoms with van der Waals surface area (Å²) in [7, 11) is 2.87. The molecule has 0 bridgehead atoms. The van der Waals surface area contributed by atoms with Gasteiger partial charge >= 0.3 is 12.0 Å². The Labute approximate surface area is 198 Å². The maximum atomic E-state index is 12.9. The van der Waals surface area contributed by atoms with Gasteiger partial charge in [0.25, 0.3) is 5.91 Å². The van der Waals surface area contributed by atoms with E-state index in [1.54, 1.807) is 45.9 Å². The van der Waals surface area contributed by atoms with Crippen LogP contribution in [-0.2, 0) is 14.3 Å². The topological polar surface area (TPSA) is 138 Å². The molecule has 0 unspecified atom stereocenters. The second kappa shape index (κ2) is 11.8. The second-order valence-corrected chi connectivity index (χ2v) is 8.07. The van der Waals surface area contributed by atoms with Crippen molar-refractivity contribution < 1.29 is 33.3 Å². The quantitative estimate of drug-likeness (QED) is 0.497. The van der Waals surface area contributed by atoms with Crippen molar-refractivity contribution in [3.05, 3.63) is 35.9 Å². The van der Waals surface area contributed by atoms with Gasteiger partial charge in [0.2, 0.25) is 17.7 Å². The highest BCUT2D eigenvalue weighted by Crippen LogP contribution is 2.26. The molecule has 2 amide bonds. The van der Waals surface area contributed by atoms with Crippen LogP contribution in [0.5, 0.6) is 23.5 Å². The monoisotopic (exact) mass is 474 g/mol. The molecule has 0 saturated carbocycles. The Bertz CT molecular complexity index is 998. The Morgan fingerprint density at radius 3 is 2.21 bits per heavy atom. The molecule has 1 aromatic heterocycles. The summed E-state index contributed by atoms with van der Waals surface area (Å²) in [4.78, 5) is 45.5. The number of methoxy groups -OCH3 is 2. The first kappa shape index (κ1) is 26.4. The molecule has 34 heavy (non-hydrogen) atoms. The van der Waals surface area contributed by atoms with Gasteiger partial charge in [-0.1, -0.05) is 19.1 Å². The molecule has 2 N–H and O–H groups in total. The lowest BCUT2D eigenvalue weighted by Gasteiger charge is -2.21. The molecule has 0 radical (unpaired) electrons. The van der Waals surface area contributed by atoms with Gasteiger partial charge in [0, 0.05) is 0 Å². The van der Waals surface area contributed by atoms with E-state index in [1.807, 2.05) is 0 Å². The number of nitrogens with zero attached hydrogens (tertiary/aromatic N) is 2. The number of nitrogens with one attached hydrogen (secondary N) is 2. The van der Waals surface area contributed by atoms with E-state index in [0.29, 0.717) is 6.42 Å². The van der Waals surface area contributed by atoms with Crippen molar-refractivity contribution in [1.29, 1.82) is 0 Å². The van der Waals surface area contributed by atoms with Gasteiger partial charge < -0.3 is 29.6 Å². The van der Waals surface area contributed by atoms with E-state index in [0.717, 1.165) is 0 Å². The molecule has 0 aliphatic carbocycles. The van der Waals surface area contributed by atoms with Gasteiger partial charge in [-0.05, 0) is 39.3 Å².